The summed E-state index contributed by atoms with van der Waals surface area (Å²) < 4.78 is 5.74. The largest absolute Gasteiger partial charge is 0.461 e. The first kappa shape index (κ1) is 15.9. The molecule has 0 saturated carbocycles. The predicted octanol–water partition coefficient (Wildman–Crippen LogP) is 3.44. The Labute approximate surface area is 146 Å². The average molecular weight is 338 g/mol. The minimum atomic E-state index is 0.0603. The second-order valence-electron chi connectivity index (χ2n) is 6.59. The highest BCUT2D eigenvalue weighted by Gasteiger charge is 2.29. The molecule has 0 radical (unpaired) electrons. The van der Waals surface area contributed by atoms with Crippen LogP contribution in [0.1, 0.15) is 53.5 Å². The summed E-state index contributed by atoms with van der Waals surface area (Å²) in [6, 6.07) is 7.72. The number of rotatable bonds is 3. The Kier molecular flexibility index (Phi) is 4.03. The number of H-pyrrole nitrogens is 1. The van der Waals surface area contributed by atoms with E-state index >= 15 is 0 Å². The zero-order valence-electron chi connectivity index (χ0n) is 14.6. The van der Waals surface area contributed by atoms with Crippen LogP contribution in [0.25, 0.3) is 11.0 Å². The van der Waals surface area contributed by atoms with Crippen LogP contribution in [0.5, 0.6) is 0 Å². The molecule has 0 aliphatic carbocycles. The summed E-state index contributed by atoms with van der Waals surface area (Å²) in [4.78, 5) is 19.5. The summed E-state index contributed by atoms with van der Waals surface area (Å²) in [5.74, 6) is 2.88. The Bertz CT molecular complexity index is 903. The van der Waals surface area contributed by atoms with Gasteiger partial charge in [-0.1, -0.05) is 25.1 Å². The van der Waals surface area contributed by atoms with Gasteiger partial charge in [0.25, 0.3) is 5.91 Å². The molecular weight excluding hydrogens is 316 g/mol. The van der Waals surface area contributed by atoms with Crippen molar-refractivity contribution in [2.24, 2.45) is 0 Å². The smallest absolute Gasteiger partial charge is 0.258 e. The molecule has 0 unspecified atom stereocenters. The number of amides is 1. The molecule has 1 aliphatic rings. The third-order valence-electron chi connectivity index (χ3n) is 5.02. The summed E-state index contributed by atoms with van der Waals surface area (Å²) in [5.41, 5.74) is 1.46. The van der Waals surface area contributed by atoms with Crippen LogP contribution in [0, 0.1) is 6.92 Å². The number of carbonyl (C=O) groups excluding carboxylic acids is 1. The van der Waals surface area contributed by atoms with Crippen molar-refractivity contribution >= 4 is 16.9 Å². The molecule has 4 rings (SSSR count). The zero-order valence-corrected chi connectivity index (χ0v) is 14.6. The number of fused-ring (bicyclic) bond motifs is 1. The summed E-state index contributed by atoms with van der Waals surface area (Å²) in [6.45, 7) is 5.36. The highest BCUT2D eigenvalue weighted by molar-refractivity contribution is 6.07. The maximum atomic E-state index is 13.0. The monoisotopic (exact) mass is 338 g/mol. The summed E-state index contributed by atoms with van der Waals surface area (Å²) >= 11 is 0. The van der Waals surface area contributed by atoms with Crippen molar-refractivity contribution in [3.8, 4) is 0 Å². The van der Waals surface area contributed by atoms with Crippen LogP contribution >= 0.6 is 0 Å². The molecule has 1 aliphatic heterocycles. The van der Waals surface area contributed by atoms with Gasteiger partial charge in [-0.3, -0.25) is 9.89 Å². The van der Waals surface area contributed by atoms with Crippen LogP contribution in [0.3, 0.4) is 0 Å². The molecule has 6 nitrogen and oxygen atoms in total. The van der Waals surface area contributed by atoms with E-state index in [1.54, 1.807) is 0 Å². The van der Waals surface area contributed by atoms with E-state index in [2.05, 4.69) is 22.1 Å². The van der Waals surface area contributed by atoms with Gasteiger partial charge in [-0.25, -0.2) is 4.98 Å². The van der Waals surface area contributed by atoms with Crippen LogP contribution in [0.2, 0.25) is 0 Å². The normalized spacial score (nSPS) is 15.8. The van der Waals surface area contributed by atoms with Crippen molar-refractivity contribution in [2.75, 3.05) is 13.1 Å². The summed E-state index contributed by atoms with van der Waals surface area (Å²) in [5, 5.41) is 8.21. The molecule has 1 saturated heterocycles. The fourth-order valence-electron chi connectivity index (χ4n) is 3.58. The first-order valence-corrected chi connectivity index (χ1v) is 8.86. The number of aromatic nitrogens is 3. The Hall–Kier alpha value is -2.63. The van der Waals surface area contributed by atoms with Crippen LogP contribution in [-0.4, -0.2) is 39.1 Å². The van der Waals surface area contributed by atoms with Gasteiger partial charge in [0, 0.05) is 30.8 Å². The van der Waals surface area contributed by atoms with Crippen LogP contribution in [0.4, 0.5) is 0 Å². The van der Waals surface area contributed by atoms with Gasteiger partial charge in [0.1, 0.15) is 17.2 Å². The molecule has 25 heavy (non-hydrogen) atoms. The third-order valence-corrected chi connectivity index (χ3v) is 5.02. The molecule has 0 spiro atoms. The van der Waals surface area contributed by atoms with Crippen molar-refractivity contribution in [3.63, 3.8) is 0 Å². The highest BCUT2D eigenvalue weighted by atomic mass is 16.3. The Morgan fingerprint density at radius 2 is 2.08 bits per heavy atom. The maximum absolute atomic E-state index is 13.0. The first-order valence-electron chi connectivity index (χ1n) is 8.86. The van der Waals surface area contributed by atoms with Crippen molar-refractivity contribution in [1.29, 1.82) is 0 Å². The lowest BCUT2D eigenvalue weighted by molar-refractivity contribution is 0.0711. The van der Waals surface area contributed by atoms with Gasteiger partial charge in [0.05, 0.1) is 5.56 Å². The number of nitrogens with zero attached hydrogens (tertiary/aromatic N) is 3. The van der Waals surface area contributed by atoms with Gasteiger partial charge < -0.3 is 9.32 Å². The lowest BCUT2D eigenvalue weighted by Gasteiger charge is -2.30. The van der Waals surface area contributed by atoms with Crippen molar-refractivity contribution < 1.29 is 9.21 Å². The number of benzene rings is 1. The molecular formula is C19H22N4O2. The van der Waals surface area contributed by atoms with Gasteiger partial charge in [-0.15, -0.1) is 0 Å². The summed E-state index contributed by atoms with van der Waals surface area (Å²) in [7, 11) is 0. The van der Waals surface area contributed by atoms with E-state index in [0.29, 0.717) is 17.2 Å². The fourth-order valence-corrected chi connectivity index (χ4v) is 3.58. The standard InChI is InChI=1S/C19H22N4O2/c1-3-16-20-18(22-21-16)13-8-10-23(11-9-13)19(24)17-12(2)25-15-7-5-4-6-14(15)17/h4-7,13H,3,8-11H2,1-2H3,(H,20,21,22). The topological polar surface area (TPSA) is 75.0 Å². The number of para-hydroxylation sites is 1. The van der Waals surface area contributed by atoms with Gasteiger partial charge >= 0.3 is 0 Å². The van der Waals surface area contributed by atoms with Crippen molar-refractivity contribution in [2.45, 2.75) is 39.0 Å². The van der Waals surface area contributed by atoms with Gasteiger partial charge in [-0.2, -0.15) is 5.10 Å². The van der Waals surface area contributed by atoms with Crippen LogP contribution in [0.15, 0.2) is 28.7 Å². The lowest BCUT2D eigenvalue weighted by atomic mass is 9.95. The molecule has 1 aromatic carbocycles. The van der Waals surface area contributed by atoms with Crippen molar-refractivity contribution in [3.05, 3.63) is 47.2 Å². The van der Waals surface area contributed by atoms with Crippen molar-refractivity contribution in [1.82, 2.24) is 20.1 Å². The first-order chi connectivity index (χ1) is 12.2. The van der Waals surface area contributed by atoms with Gasteiger partial charge in [-0.05, 0) is 25.8 Å². The SMILES string of the molecule is CCc1nc(C2CCN(C(=O)c3c(C)oc4ccccc34)CC2)n[nH]1. The maximum Gasteiger partial charge on any atom is 0.258 e. The van der Waals surface area contributed by atoms with Gasteiger partial charge in [0.2, 0.25) is 0 Å². The van der Waals surface area contributed by atoms with E-state index in [9.17, 15) is 4.79 Å². The van der Waals surface area contributed by atoms with E-state index in [1.807, 2.05) is 36.1 Å². The van der Waals surface area contributed by atoms with E-state index < -0.39 is 0 Å². The fraction of sp³-hybridized carbons (Fsp3) is 0.421. The second-order valence-corrected chi connectivity index (χ2v) is 6.59. The molecule has 1 N–H and O–H groups in total. The number of furan rings is 1. The minimum absolute atomic E-state index is 0.0603. The number of piperidine rings is 1. The molecule has 3 aromatic rings. The Morgan fingerprint density at radius 3 is 2.80 bits per heavy atom. The van der Waals surface area contributed by atoms with E-state index in [1.165, 1.54) is 0 Å². The number of aromatic amines is 1. The third kappa shape index (κ3) is 2.81. The average Bonchev–Trinajstić information content (AvgIpc) is 3.25. The van der Waals surface area contributed by atoms with E-state index in [0.717, 1.165) is 55.0 Å². The number of hydrogen-bond donors (Lipinski definition) is 1. The minimum Gasteiger partial charge on any atom is -0.461 e. The van der Waals surface area contributed by atoms with Crippen LogP contribution in [-0.2, 0) is 6.42 Å². The molecule has 1 fully saturated rings. The zero-order chi connectivity index (χ0) is 17.4. The Balaban J connectivity index is 1.50. The lowest BCUT2D eigenvalue weighted by Crippen LogP contribution is -2.38. The van der Waals surface area contributed by atoms with Crippen LogP contribution < -0.4 is 0 Å². The quantitative estimate of drug-likeness (QED) is 0.794. The number of nitrogens with one attached hydrogen (secondary N) is 1. The van der Waals surface area contributed by atoms with E-state index in [-0.39, 0.29) is 5.91 Å². The molecule has 3 heterocycles. The number of aryl methyl sites for hydroxylation is 2. The molecule has 0 atom stereocenters. The second kappa shape index (κ2) is 6.35. The molecule has 1 amide bonds. The number of carbonyl (C=O) groups is 1. The molecule has 130 valence electrons. The molecule has 6 heteroatoms. The predicted molar refractivity (Wildman–Crippen MR) is 94.6 cm³/mol. The van der Waals surface area contributed by atoms with E-state index in [4.69, 9.17) is 4.42 Å². The molecule has 2 aromatic heterocycles. The van der Waals surface area contributed by atoms with Gasteiger partial charge in [0.15, 0.2) is 5.82 Å². The number of hydrogen-bond acceptors (Lipinski definition) is 4. The number of likely N-dealkylation sites (tertiary alicyclic amines) is 1. The Morgan fingerprint density at radius 1 is 1.32 bits per heavy atom. The summed E-state index contributed by atoms with van der Waals surface area (Å²) in [6.07, 6.45) is 2.64. The molecule has 0 bridgehead atoms. The highest BCUT2D eigenvalue weighted by Crippen LogP contribution is 2.30.